The van der Waals surface area contributed by atoms with E-state index in [0.29, 0.717) is 12.5 Å². The first-order valence-electron chi connectivity index (χ1n) is 13.4. The molecule has 4 heterocycles. The number of hydrogen-bond donors (Lipinski definition) is 1. The molecular weight excluding hydrogens is 430 g/mol. The Morgan fingerprint density at radius 2 is 1.91 bits per heavy atom. The van der Waals surface area contributed by atoms with E-state index in [0.717, 1.165) is 42.5 Å². The van der Waals surface area contributed by atoms with Crippen LogP contribution in [-0.4, -0.2) is 49.8 Å². The highest BCUT2D eigenvalue weighted by Crippen LogP contribution is 2.53. The summed E-state index contributed by atoms with van der Waals surface area (Å²) < 4.78 is 15.3. The normalized spacial score (nSPS) is 31.2. The summed E-state index contributed by atoms with van der Waals surface area (Å²) in [6, 6.07) is 0. The van der Waals surface area contributed by atoms with Crippen LogP contribution >= 0.6 is 0 Å². The molecule has 0 aromatic carbocycles. The van der Waals surface area contributed by atoms with Gasteiger partial charge in [-0.1, -0.05) is 51.4 Å². The first-order chi connectivity index (χ1) is 16.7. The number of nitrogens with zero attached hydrogens (tertiary/aromatic N) is 4. The number of carbonyl (C=O) groups is 1. The zero-order valence-corrected chi connectivity index (χ0v) is 20.2. The van der Waals surface area contributed by atoms with Gasteiger partial charge >= 0.3 is 0 Å². The summed E-state index contributed by atoms with van der Waals surface area (Å²) in [5.41, 5.74) is 2.56. The summed E-state index contributed by atoms with van der Waals surface area (Å²) in [5, 5.41) is 2.98. The average Bonchev–Trinajstić information content (AvgIpc) is 3.53. The predicted octanol–water partition coefficient (Wildman–Crippen LogP) is 4.09. The van der Waals surface area contributed by atoms with E-state index < -0.39 is 12.3 Å². The lowest BCUT2D eigenvalue weighted by Crippen LogP contribution is -2.40. The van der Waals surface area contributed by atoms with Crippen LogP contribution in [0, 0.1) is 11.8 Å². The summed E-state index contributed by atoms with van der Waals surface area (Å²) >= 11 is 0. The van der Waals surface area contributed by atoms with E-state index in [2.05, 4.69) is 15.3 Å². The van der Waals surface area contributed by atoms with Gasteiger partial charge in [-0.05, 0) is 38.5 Å². The number of hydrogen-bond acceptors (Lipinski definition) is 6. The zero-order chi connectivity index (χ0) is 23.1. The van der Waals surface area contributed by atoms with Crippen molar-refractivity contribution in [1.82, 2.24) is 24.8 Å². The Morgan fingerprint density at radius 3 is 2.71 bits per heavy atom. The molecule has 2 aliphatic heterocycles. The van der Waals surface area contributed by atoms with Crippen molar-refractivity contribution in [3.8, 4) is 0 Å². The minimum absolute atomic E-state index is 0.0338. The van der Waals surface area contributed by atoms with Crippen LogP contribution in [0.25, 0.3) is 11.2 Å². The van der Waals surface area contributed by atoms with Crippen molar-refractivity contribution in [2.75, 3.05) is 6.54 Å². The number of likely N-dealkylation sites (N-methyl/N-ethyl adjacent to an activating group) is 1. The molecule has 1 amide bonds. The second-order valence-electron chi connectivity index (χ2n) is 10.9. The minimum Gasteiger partial charge on any atom is -0.367 e. The molecule has 6 rings (SSSR count). The number of carbonyl (C=O) groups excluding carboxylic acids is 1. The van der Waals surface area contributed by atoms with E-state index in [-0.39, 0.29) is 23.5 Å². The molecule has 1 spiro atoms. The van der Waals surface area contributed by atoms with Gasteiger partial charge < -0.3 is 14.8 Å². The van der Waals surface area contributed by atoms with Gasteiger partial charge in [0.25, 0.3) is 0 Å². The van der Waals surface area contributed by atoms with Crippen LogP contribution in [0.3, 0.4) is 0 Å². The molecule has 4 unspecified atom stereocenters. The first-order valence-corrected chi connectivity index (χ1v) is 13.4. The molecule has 1 N–H and O–H groups in total. The lowest BCUT2D eigenvalue weighted by Gasteiger charge is -2.35. The zero-order valence-electron chi connectivity index (χ0n) is 20.2. The maximum Gasteiger partial charge on any atom is 0.249 e. The van der Waals surface area contributed by atoms with Gasteiger partial charge in [-0.2, -0.15) is 0 Å². The molecule has 4 fully saturated rings. The number of imidazole rings is 1. The van der Waals surface area contributed by atoms with E-state index in [1.54, 1.807) is 6.33 Å². The Labute approximate surface area is 201 Å². The molecule has 0 bridgehead atoms. The molecule has 8 heteroatoms. The molecule has 2 aromatic heterocycles. The van der Waals surface area contributed by atoms with E-state index >= 15 is 0 Å². The van der Waals surface area contributed by atoms with Crippen molar-refractivity contribution >= 4 is 17.1 Å². The summed E-state index contributed by atoms with van der Waals surface area (Å²) in [7, 11) is 0. The fourth-order valence-electron chi connectivity index (χ4n) is 7.02. The molecule has 2 saturated heterocycles. The summed E-state index contributed by atoms with van der Waals surface area (Å²) in [6.45, 7) is 2.54. The van der Waals surface area contributed by atoms with Crippen molar-refractivity contribution < 1.29 is 14.3 Å². The third-order valence-corrected chi connectivity index (χ3v) is 8.66. The van der Waals surface area contributed by atoms with Gasteiger partial charge in [0.05, 0.1) is 17.6 Å². The third-order valence-electron chi connectivity index (χ3n) is 8.66. The van der Waals surface area contributed by atoms with Gasteiger partial charge in [0.2, 0.25) is 5.91 Å². The van der Waals surface area contributed by atoms with Crippen molar-refractivity contribution in [2.24, 2.45) is 11.8 Å². The van der Waals surface area contributed by atoms with Gasteiger partial charge in [-0.25, -0.2) is 15.0 Å². The maximum absolute atomic E-state index is 13.0. The van der Waals surface area contributed by atoms with Crippen molar-refractivity contribution in [1.29, 1.82) is 0 Å². The van der Waals surface area contributed by atoms with Crippen LogP contribution in [0.1, 0.15) is 89.5 Å². The predicted molar refractivity (Wildman–Crippen MR) is 127 cm³/mol. The number of aromatic nitrogens is 4. The van der Waals surface area contributed by atoms with E-state index in [4.69, 9.17) is 14.5 Å². The van der Waals surface area contributed by atoms with Crippen LogP contribution in [0.5, 0.6) is 0 Å². The minimum atomic E-state index is -0.503. The van der Waals surface area contributed by atoms with Gasteiger partial charge in [0.15, 0.2) is 11.9 Å². The molecule has 184 valence electrons. The van der Waals surface area contributed by atoms with Crippen LogP contribution in [0.2, 0.25) is 0 Å². The summed E-state index contributed by atoms with van der Waals surface area (Å²) in [6.07, 6.45) is 16.6. The molecular formula is C26H37N5O3. The standard InChI is InChI=1S/C26H37N5O3/c1-2-27-24(32)21-18-14-26(11-7-4-8-12-26)34-22(18)25(33-21)31-16-30-20-19(28-15-29-23(20)31)13-17-9-5-3-6-10-17/h15-18,21-22,25H,2-14H2,1H3,(H,27,32). The highest BCUT2D eigenvalue weighted by atomic mass is 16.6. The molecule has 8 nitrogen and oxygen atoms in total. The van der Waals surface area contributed by atoms with E-state index in [1.165, 1.54) is 51.4 Å². The first kappa shape index (κ1) is 22.4. The van der Waals surface area contributed by atoms with Crippen LogP contribution < -0.4 is 5.32 Å². The molecule has 4 aliphatic rings. The second kappa shape index (κ2) is 9.19. The van der Waals surface area contributed by atoms with E-state index in [9.17, 15) is 4.79 Å². The van der Waals surface area contributed by atoms with Crippen LogP contribution in [0.15, 0.2) is 12.7 Å². The SMILES string of the molecule is CCNC(=O)C1OC(n2cnc3c(CC4CCCCC4)ncnc32)C2OC3(CCCCC3)CC12. The third kappa shape index (κ3) is 3.92. The molecule has 34 heavy (non-hydrogen) atoms. The summed E-state index contributed by atoms with van der Waals surface area (Å²) in [4.78, 5) is 27.0. The Hall–Kier alpha value is -2.06. The van der Waals surface area contributed by atoms with Gasteiger partial charge in [-0.3, -0.25) is 9.36 Å². The number of ether oxygens (including phenoxy) is 2. The Bertz CT molecular complexity index is 1030. The maximum atomic E-state index is 13.0. The Kier molecular flexibility index (Phi) is 6.06. The Morgan fingerprint density at radius 1 is 1.12 bits per heavy atom. The van der Waals surface area contributed by atoms with Crippen LogP contribution in [-0.2, 0) is 20.7 Å². The number of nitrogens with one attached hydrogen (secondary N) is 1. The van der Waals surface area contributed by atoms with Crippen molar-refractivity contribution in [2.45, 2.75) is 108 Å². The number of rotatable bonds is 5. The fraction of sp³-hybridized carbons (Fsp3) is 0.769. The average molecular weight is 468 g/mol. The lowest BCUT2D eigenvalue weighted by atomic mass is 9.79. The smallest absolute Gasteiger partial charge is 0.249 e. The highest BCUT2D eigenvalue weighted by Gasteiger charge is 2.59. The molecule has 0 radical (unpaired) electrons. The van der Waals surface area contributed by atoms with Gasteiger partial charge in [0.1, 0.15) is 24.1 Å². The topological polar surface area (TPSA) is 91.2 Å². The molecule has 4 atom stereocenters. The van der Waals surface area contributed by atoms with Crippen molar-refractivity contribution in [3.63, 3.8) is 0 Å². The quantitative estimate of drug-likeness (QED) is 0.712. The number of fused-ring (bicyclic) bond motifs is 2. The number of amides is 1. The van der Waals surface area contributed by atoms with Gasteiger partial charge in [-0.15, -0.1) is 0 Å². The fourth-order valence-corrected chi connectivity index (χ4v) is 7.02. The van der Waals surface area contributed by atoms with Crippen molar-refractivity contribution in [3.05, 3.63) is 18.3 Å². The molecule has 2 aromatic rings. The van der Waals surface area contributed by atoms with E-state index in [1.807, 2.05) is 17.8 Å². The highest BCUT2D eigenvalue weighted by molar-refractivity contribution is 5.81. The second-order valence-corrected chi connectivity index (χ2v) is 10.9. The largest absolute Gasteiger partial charge is 0.367 e. The summed E-state index contributed by atoms with van der Waals surface area (Å²) in [5.74, 6) is 0.694. The molecule has 2 saturated carbocycles. The monoisotopic (exact) mass is 467 g/mol. The molecule has 2 aliphatic carbocycles. The van der Waals surface area contributed by atoms with Gasteiger partial charge in [0, 0.05) is 12.5 Å². The van der Waals surface area contributed by atoms with Crippen LogP contribution in [0.4, 0.5) is 0 Å². The lowest BCUT2D eigenvalue weighted by molar-refractivity contribution is -0.145. The Balaban J connectivity index is 1.31.